The molecule has 2 N–H and O–H groups in total. The number of nitrogens with zero attached hydrogens (tertiary/aromatic N) is 4. The molecule has 0 saturated carbocycles. The highest BCUT2D eigenvalue weighted by atomic mass is 35.5. The number of halogens is 3. The summed E-state index contributed by atoms with van der Waals surface area (Å²) in [5.74, 6) is -1.85. The maximum atomic E-state index is 13.9. The van der Waals surface area contributed by atoms with Gasteiger partial charge < -0.3 is 10.5 Å². The van der Waals surface area contributed by atoms with E-state index in [4.69, 9.17) is 22.1 Å². The van der Waals surface area contributed by atoms with Gasteiger partial charge in [0, 0.05) is 18.6 Å². The lowest BCUT2D eigenvalue weighted by Gasteiger charge is -2.16. The highest BCUT2D eigenvalue weighted by molar-refractivity contribution is 6.31. The lowest BCUT2D eigenvalue weighted by molar-refractivity contribution is -0.116. The van der Waals surface area contributed by atoms with E-state index in [0.717, 1.165) is 6.07 Å². The van der Waals surface area contributed by atoms with Crippen LogP contribution in [0.25, 0.3) is 5.69 Å². The number of carbonyl (C=O) groups is 2. The summed E-state index contributed by atoms with van der Waals surface area (Å²) in [6.07, 6.45) is 0. The molecule has 1 aliphatic heterocycles. The van der Waals surface area contributed by atoms with Crippen molar-refractivity contribution in [1.29, 1.82) is 0 Å². The second-order valence-corrected chi connectivity index (χ2v) is 7.85. The predicted octanol–water partition coefficient (Wildman–Crippen LogP) is 3.26. The minimum absolute atomic E-state index is 0.0525. The Labute approximate surface area is 196 Å². The molecule has 1 aromatic heterocycles. The molecular weight excluding hydrogens is 472 g/mol. The SMILES string of the molecule is CC(=O)N1CN(C(N)=O)c2cc(-n3c(C)nc(OCc4ccc(F)cc4F)c(Cl)c3=O)ccc21. The van der Waals surface area contributed by atoms with Crippen LogP contribution in [0.15, 0.2) is 41.2 Å². The molecule has 3 aromatic rings. The van der Waals surface area contributed by atoms with Crippen molar-refractivity contribution in [3.05, 3.63) is 74.8 Å². The monoisotopic (exact) mass is 489 g/mol. The first-order valence-corrected chi connectivity index (χ1v) is 10.3. The third-order valence-electron chi connectivity index (χ3n) is 5.27. The van der Waals surface area contributed by atoms with Crippen LogP contribution < -0.4 is 25.8 Å². The number of primary amides is 1. The maximum absolute atomic E-state index is 13.9. The molecule has 12 heteroatoms. The highest BCUT2D eigenvalue weighted by Crippen LogP contribution is 2.37. The van der Waals surface area contributed by atoms with Gasteiger partial charge in [0.2, 0.25) is 11.8 Å². The van der Waals surface area contributed by atoms with Gasteiger partial charge in [-0.15, -0.1) is 0 Å². The average molecular weight is 490 g/mol. The average Bonchev–Trinajstić information content (AvgIpc) is 3.16. The number of aryl methyl sites for hydroxylation is 1. The Balaban J connectivity index is 1.70. The quantitative estimate of drug-likeness (QED) is 0.604. The first-order valence-electron chi connectivity index (χ1n) is 9.94. The van der Waals surface area contributed by atoms with Gasteiger partial charge in [0.25, 0.3) is 5.56 Å². The lowest BCUT2D eigenvalue weighted by Crippen LogP contribution is -2.40. The molecule has 0 spiro atoms. The van der Waals surface area contributed by atoms with E-state index in [9.17, 15) is 23.2 Å². The summed E-state index contributed by atoms with van der Waals surface area (Å²) in [4.78, 5) is 43.6. The van der Waals surface area contributed by atoms with Crippen molar-refractivity contribution in [3.63, 3.8) is 0 Å². The number of urea groups is 1. The molecule has 1 aliphatic rings. The number of ether oxygens (including phenoxy) is 1. The molecule has 34 heavy (non-hydrogen) atoms. The van der Waals surface area contributed by atoms with Crippen LogP contribution in [0, 0.1) is 18.6 Å². The van der Waals surface area contributed by atoms with E-state index in [1.807, 2.05) is 0 Å². The Morgan fingerprint density at radius 3 is 2.53 bits per heavy atom. The Morgan fingerprint density at radius 1 is 1.15 bits per heavy atom. The van der Waals surface area contributed by atoms with Crippen LogP contribution in [-0.2, 0) is 11.4 Å². The van der Waals surface area contributed by atoms with E-state index in [1.165, 1.54) is 40.3 Å². The van der Waals surface area contributed by atoms with Crippen LogP contribution >= 0.6 is 11.6 Å². The highest BCUT2D eigenvalue weighted by Gasteiger charge is 2.32. The van der Waals surface area contributed by atoms with E-state index in [1.54, 1.807) is 12.1 Å². The minimum Gasteiger partial charge on any atom is -0.471 e. The number of aromatic nitrogens is 2. The van der Waals surface area contributed by atoms with Crippen LogP contribution in [0.4, 0.5) is 25.0 Å². The van der Waals surface area contributed by atoms with Gasteiger partial charge in [0.1, 0.15) is 30.7 Å². The third kappa shape index (κ3) is 4.05. The molecule has 0 bridgehead atoms. The van der Waals surface area contributed by atoms with E-state index in [0.29, 0.717) is 23.1 Å². The van der Waals surface area contributed by atoms with Crippen molar-refractivity contribution in [2.45, 2.75) is 20.5 Å². The number of fused-ring (bicyclic) bond motifs is 1. The predicted molar refractivity (Wildman–Crippen MR) is 120 cm³/mol. The van der Waals surface area contributed by atoms with Gasteiger partial charge in [0.05, 0.1) is 17.1 Å². The second-order valence-electron chi connectivity index (χ2n) is 7.47. The van der Waals surface area contributed by atoms with Crippen molar-refractivity contribution < 1.29 is 23.1 Å². The summed E-state index contributed by atoms with van der Waals surface area (Å²) >= 11 is 6.20. The van der Waals surface area contributed by atoms with Gasteiger partial charge >= 0.3 is 6.03 Å². The summed E-state index contributed by atoms with van der Waals surface area (Å²) in [7, 11) is 0. The smallest absolute Gasteiger partial charge is 0.320 e. The normalized spacial score (nSPS) is 12.6. The standard InChI is InChI=1S/C22H18ClF2N5O4/c1-11-27-20(34-9-13-3-4-14(24)7-16(13)25)19(23)21(32)30(11)15-5-6-17-18(8-15)29(22(26)33)10-28(17)12(2)31/h3-8H,9-10H2,1-2H3,(H2,26,33). The largest absolute Gasteiger partial charge is 0.471 e. The number of benzene rings is 2. The molecule has 4 rings (SSSR count). The van der Waals surface area contributed by atoms with E-state index in [-0.39, 0.29) is 41.5 Å². The third-order valence-corrected chi connectivity index (χ3v) is 5.60. The van der Waals surface area contributed by atoms with Crippen molar-refractivity contribution >= 4 is 34.9 Å². The minimum atomic E-state index is -0.807. The number of anilines is 2. The zero-order valence-corrected chi connectivity index (χ0v) is 18.8. The Bertz CT molecular complexity index is 1390. The fourth-order valence-electron chi connectivity index (χ4n) is 3.61. The van der Waals surface area contributed by atoms with Crippen molar-refractivity contribution in [1.82, 2.24) is 9.55 Å². The van der Waals surface area contributed by atoms with Crippen LogP contribution in [0.2, 0.25) is 5.02 Å². The van der Waals surface area contributed by atoms with Crippen LogP contribution in [0.3, 0.4) is 0 Å². The van der Waals surface area contributed by atoms with Crippen molar-refractivity contribution in [2.24, 2.45) is 5.73 Å². The molecule has 0 aliphatic carbocycles. The lowest BCUT2D eigenvalue weighted by atomic mass is 10.2. The van der Waals surface area contributed by atoms with Gasteiger partial charge in [-0.3, -0.25) is 24.0 Å². The summed E-state index contributed by atoms with van der Waals surface area (Å²) in [5.41, 5.74) is 5.96. The van der Waals surface area contributed by atoms with E-state index in [2.05, 4.69) is 4.98 Å². The number of hydrogen-bond donors (Lipinski definition) is 1. The maximum Gasteiger partial charge on any atom is 0.320 e. The molecule has 0 atom stereocenters. The number of rotatable bonds is 4. The van der Waals surface area contributed by atoms with Gasteiger partial charge in [-0.25, -0.2) is 13.6 Å². The molecule has 3 amide bonds. The van der Waals surface area contributed by atoms with Crippen molar-refractivity contribution in [2.75, 3.05) is 16.5 Å². The molecule has 9 nitrogen and oxygen atoms in total. The molecule has 176 valence electrons. The number of hydrogen-bond acceptors (Lipinski definition) is 5. The van der Waals surface area contributed by atoms with E-state index >= 15 is 0 Å². The molecule has 2 aromatic carbocycles. The molecule has 0 saturated heterocycles. The molecule has 0 fully saturated rings. The topological polar surface area (TPSA) is 111 Å². The molecule has 2 heterocycles. The van der Waals surface area contributed by atoms with Crippen molar-refractivity contribution in [3.8, 4) is 11.6 Å². The number of nitrogens with two attached hydrogens (primary N) is 1. The van der Waals surface area contributed by atoms with Crippen LogP contribution in [0.1, 0.15) is 18.3 Å². The van der Waals surface area contributed by atoms with Gasteiger partial charge in [-0.2, -0.15) is 4.98 Å². The molecule has 0 radical (unpaired) electrons. The Morgan fingerprint density at radius 2 is 1.88 bits per heavy atom. The zero-order chi connectivity index (χ0) is 24.7. The fourth-order valence-corrected chi connectivity index (χ4v) is 3.80. The molecule has 0 unspecified atom stereocenters. The Hall–Kier alpha value is -3.99. The van der Waals surface area contributed by atoms with Gasteiger partial charge in [-0.1, -0.05) is 11.6 Å². The first kappa shape index (κ1) is 23.2. The van der Waals surface area contributed by atoms with E-state index < -0.39 is 23.2 Å². The summed E-state index contributed by atoms with van der Waals surface area (Å²) in [6, 6.07) is 6.91. The Kier molecular flexibility index (Phi) is 5.96. The summed E-state index contributed by atoms with van der Waals surface area (Å²) < 4.78 is 33.6. The van der Waals surface area contributed by atoms with Gasteiger partial charge in [-0.05, 0) is 37.3 Å². The van der Waals surface area contributed by atoms with Crippen LogP contribution in [-0.4, -0.2) is 28.2 Å². The first-order chi connectivity index (χ1) is 16.1. The zero-order valence-electron chi connectivity index (χ0n) is 18.0. The summed E-state index contributed by atoms with van der Waals surface area (Å²) in [5, 5.41) is -0.356. The summed E-state index contributed by atoms with van der Waals surface area (Å²) in [6.45, 7) is 2.51. The van der Waals surface area contributed by atoms with Crippen LogP contribution in [0.5, 0.6) is 5.88 Å². The van der Waals surface area contributed by atoms with Gasteiger partial charge in [0.15, 0.2) is 5.02 Å². The second kappa shape index (κ2) is 8.75. The molecular formula is C22H18ClF2N5O4. The number of amides is 3. The fraction of sp³-hybridized carbons (Fsp3) is 0.182. The number of carbonyl (C=O) groups excluding carboxylic acids is 2.